The SMILES string of the molecule is CC(=O)c1cccc(NC(=O)c2cc(N3CCCc4ccccc43)ccn2)c1. The molecule has 140 valence electrons. The number of para-hydroxylation sites is 1. The molecule has 0 saturated carbocycles. The van der Waals surface area contributed by atoms with Crippen molar-refractivity contribution in [2.24, 2.45) is 0 Å². The Bertz CT molecular complexity index is 1050. The van der Waals surface area contributed by atoms with Crippen molar-refractivity contribution in [2.75, 3.05) is 16.8 Å². The normalized spacial score (nSPS) is 13.0. The highest BCUT2D eigenvalue weighted by molar-refractivity contribution is 6.04. The van der Waals surface area contributed by atoms with Crippen molar-refractivity contribution in [3.63, 3.8) is 0 Å². The molecule has 1 aromatic heterocycles. The van der Waals surface area contributed by atoms with E-state index in [-0.39, 0.29) is 11.7 Å². The number of carbonyl (C=O) groups is 2. The number of pyridine rings is 1. The van der Waals surface area contributed by atoms with Gasteiger partial charge in [0.2, 0.25) is 0 Å². The molecule has 0 radical (unpaired) electrons. The molecule has 1 N–H and O–H groups in total. The summed E-state index contributed by atoms with van der Waals surface area (Å²) in [7, 11) is 0. The summed E-state index contributed by atoms with van der Waals surface area (Å²) in [5.41, 5.74) is 4.93. The van der Waals surface area contributed by atoms with E-state index in [0.29, 0.717) is 16.9 Å². The number of anilines is 3. The standard InChI is InChI=1S/C23H21N3O2/c1-16(27)18-7-4-9-19(14-18)25-23(28)21-15-20(11-12-24-21)26-13-5-8-17-6-2-3-10-22(17)26/h2-4,6-7,9-12,14-15H,5,8,13H2,1H3,(H,25,28). The summed E-state index contributed by atoms with van der Waals surface area (Å²) in [6.07, 6.45) is 3.80. The average Bonchev–Trinajstić information content (AvgIpc) is 2.73. The topological polar surface area (TPSA) is 62.3 Å². The third-order valence-electron chi connectivity index (χ3n) is 4.93. The first-order valence-electron chi connectivity index (χ1n) is 9.36. The fourth-order valence-corrected chi connectivity index (χ4v) is 3.52. The molecule has 0 spiro atoms. The maximum atomic E-state index is 12.7. The van der Waals surface area contributed by atoms with Crippen molar-refractivity contribution < 1.29 is 9.59 Å². The van der Waals surface area contributed by atoms with Crippen LogP contribution in [0, 0.1) is 0 Å². The second-order valence-electron chi connectivity index (χ2n) is 6.87. The highest BCUT2D eigenvalue weighted by atomic mass is 16.2. The van der Waals surface area contributed by atoms with Crippen LogP contribution in [0.4, 0.5) is 17.1 Å². The zero-order valence-corrected chi connectivity index (χ0v) is 15.7. The van der Waals surface area contributed by atoms with Crippen LogP contribution in [-0.2, 0) is 6.42 Å². The van der Waals surface area contributed by atoms with Gasteiger partial charge in [0.25, 0.3) is 5.91 Å². The number of carbonyl (C=O) groups excluding carboxylic acids is 2. The fourth-order valence-electron chi connectivity index (χ4n) is 3.52. The maximum absolute atomic E-state index is 12.7. The number of amides is 1. The Morgan fingerprint density at radius 2 is 1.89 bits per heavy atom. The van der Waals surface area contributed by atoms with Gasteiger partial charge in [0.1, 0.15) is 5.69 Å². The van der Waals surface area contributed by atoms with Gasteiger partial charge in [0.05, 0.1) is 0 Å². The first-order valence-corrected chi connectivity index (χ1v) is 9.36. The number of hydrogen-bond acceptors (Lipinski definition) is 4. The second kappa shape index (κ2) is 7.64. The zero-order valence-electron chi connectivity index (χ0n) is 15.7. The summed E-state index contributed by atoms with van der Waals surface area (Å²) >= 11 is 0. The molecule has 1 aliphatic rings. The predicted molar refractivity (Wildman–Crippen MR) is 110 cm³/mol. The van der Waals surface area contributed by atoms with Crippen LogP contribution in [0.2, 0.25) is 0 Å². The molecule has 0 atom stereocenters. The first-order chi connectivity index (χ1) is 13.6. The smallest absolute Gasteiger partial charge is 0.274 e. The number of rotatable bonds is 4. The van der Waals surface area contributed by atoms with Gasteiger partial charge in [0, 0.05) is 35.4 Å². The quantitative estimate of drug-likeness (QED) is 0.680. The Morgan fingerprint density at radius 3 is 2.75 bits per heavy atom. The third-order valence-corrected chi connectivity index (χ3v) is 4.93. The number of nitrogens with zero attached hydrogens (tertiary/aromatic N) is 2. The highest BCUT2D eigenvalue weighted by Crippen LogP contribution is 2.33. The summed E-state index contributed by atoms with van der Waals surface area (Å²) in [5, 5.41) is 2.83. The van der Waals surface area contributed by atoms with E-state index in [9.17, 15) is 9.59 Å². The molecule has 4 rings (SSSR count). The van der Waals surface area contributed by atoms with Crippen molar-refractivity contribution in [1.82, 2.24) is 4.98 Å². The number of nitrogens with one attached hydrogen (secondary N) is 1. The molecule has 0 unspecified atom stereocenters. The predicted octanol–water partition coefficient (Wildman–Crippen LogP) is 4.62. The Labute approximate surface area is 164 Å². The van der Waals surface area contributed by atoms with Crippen molar-refractivity contribution in [1.29, 1.82) is 0 Å². The molecule has 1 aliphatic heterocycles. The van der Waals surface area contributed by atoms with Gasteiger partial charge in [-0.1, -0.05) is 30.3 Å². The maximum Gasteiger partial charge on any atom is 0.274 e. The Kier molecular flexibility index (Phi) is 4.89. The van der Waals surface area contributed by atoms with Crippen LogP contribution in [-0.4, -0.2) is 23.2 Å². The number of fused-ring (bicyclic) bond motifs is 1. The Morgan fingerprint density at radius 1 is 1.04 bits per heavy atom. The highest BCUT2D eigenvalue weighted by Gasteiger charge is 2.19. The lowest BCUT2D eigenvalue weighted by molar-refractivity contribution is 0.100. The van der Waals surface area contributed by atoms with Crippen LogP contribution in [0.1, 0.15) is 39.8 Å². The van der Waals surface area contributed by atoms with Crippen LogP contribution in [0.25, 0.3) is 0 Å². The number of ketones is 1. The Hall–Kier alpha value is -3.47. The number of benzene rings is 2. The molecule has 0 fully saturated rings. The number of aromatic nitrogens is 1. The van der Waals surface area contributed by atoms with Crippen LogP contribution in [0.3, 0.4) is 0 Å². The lowest BCUT2D eigenvalue weighted by atomic mass is 10.0. The Balaban J connectivity index is 1.59. The molecule has 5 heteroatoms. The molecule has 28 heavy (non-hydrogen) atoms. The van der Waals surface area contributed by atoms with E-state index in [1.54, 1.807) is 30.5 Å². The van der Waals surface area contributed by atoms with Crippen LogP contribution < -0.4 is 10.2 Å². The van der Waals surface area contributed by atoms with Gasteiger partial charge >= 0.3 is 0 Å². The van der Waals surface area contributed by atoms with E-state index in [2.05, 4.69) is 33.4 Å². The van der Waals surface area contributed by atoms with Gasteiger partial charge in [-0.15, -0.1) is 0 Å². The van der Waals surface area contributed by atoms with Gasteiger partial charge in [-0.2, -0.15) is 0 Å². The second-order valence-corrected chi connectivity index (χ2v) is 6.87. The number of aryl methyl sites for hydroxylation is 1. The lowest BCUT2D eigenvalue weighted by Gasteiger charge is -2.31. The van der Waals surface area contributed by atoms with Crippen molar-refractivity contribution in [2.45, 2.75) is 19.8 Å². The van der Waals surface area contributed by atoms with Crippen LogP contribution in [0.15, 0.2) is 66.9 Å². The van der Waals surface area contributed by atoms with E-state index >= 15 is 0 Å². The minimum Gasteiger partial charge on any atom is -0.341 e. The summed E-state index contributed by atoms with van der Waals surface area (Å²) in [4.78, 5) is 30.7. The monoisotopic (exact) mass is 371 g/mol. The van der Waals surface area contributed by atoms with E-state index in [4.69, 9.17) is 0 Å². The minimum absolute atomic E-state index is 0.0417. The molecule has 5 nitrogen and oxygen atoms in total. The van der Waals surface area contributed by atoms with Crippen LogP contribution in [0.5, 0.6) is 0 Å². The van der Waals surface area contributed by atoms with Gasteiger partial charge in [0.15, 0.2) is 5.78 Å². The van der Waals surface area contributed by atoms with Crippen molar-refractivity contribution in [3.8, 4) is 0 Å². The molecule has 1 amide bonds. The number of hydrogen-bond donors (Lipinski definition) is 1. The third kappa shape index (κ3) is 3.64. The summed E-state index contributed by atoms with van der Waals surface area (Å²) in [5.74, 6) is -0.340. The van der Waals surface area contributed by atoms with E-state index in [1.165, 1.54) is 18.2 Å². The molecular weight excluding hydrogens is 350 g/mol. The molecular formula is C23H21N3O2. The van der Waals surface area contributed by atoms with Gasteiger partial charge in [-0.25, -0.2) is 0 Å². The molecule has 3 aromatic rings. The van der Waals surface area contributed by atoms with E-state index in [0.717, 1.165) is 25.1 Å². The van der Waals surface area contributed by atoms with Crippen LogP contribution >= 0.6 is 0 Å². The molecule has 0 aliphatic carbocycles. The molecule has 2 aromatic carbocycles. The molecule has 2 heterocycles. The minimum atomic E-state index is -0.298. The summed E-state index contributed by atoms with van der Waals surface area (Å²) in [6, 6.07) is 19.0. The first kappa shape index (κ1) is 17.9. The van der Waals surface area contributed by atoms with Gasteiger partial charge in [-0.05, 0) is 55.7 Å². The van der Waals surface area contributed by atoms with E-state index < -0.39 is 0 Å². The zero-order chi connectivity index (χ0) is 19.5. The largest absolute Gasteiger partial charge is 0.341 e. The lowest BCUT2D eigenvalue weighted by Crippen LogP contribution is -2.25. The fraction of sp³-hybridized carbons (Fsp3) is 0.174. The molecule has 0 bridgehead atoms. The average molecular weight is 371 g/mol. The van der Waals surface area contributed by atoms with Gasteiger partial charge in [-0.3, -0.25) is 14.6 Å². The van der Waals surface area contributed by atoms with Crippen molar-refractivity contribution in [3.05, 3.63) is 83.7 Å². The van der Waals surface area contributed by atoms with Gasteiger partial charge < -0.3 is 10.2 Å². The van der Waals surface area contributed by atoms with E-state index in [1.807, 2.05) is 18.2 Å². The van der Waals surface area contributed by atoms with Crippen molar-refractivity contribution >= 4 is 28.8 Å². The number of Topliss-reactive ketones (excluding diaryl/α,β-unsaturated/α-hetero) is 1. The molecule has 0 saturated heterocycles. The summed E-state index contributed by atoms with van der Waals surface area (Å²) in [6.45, 7) is 2.41. The summed E-state index contributed by atoms with van der Waals surface area (Å²) < 4.78 is 0.